The van der Waals surface area contributed by atoms with Crippen LogP contribution in [0.1, 0.15) is 12.8 Å². The number of carbonyl (C=O) groups is 3. The van der Waals surface area contributed by atoms with E-state index >= 15 is 0 Å². The van der Waals surface area contributed by atoms with E-state index in [0.29, 0.717) is 31.6 Å². The van der Waals surface area contributed by atoms with Crippen molar-refractivity contribution in [3.63, 3.8) is 0 Å². The molecule has 4 amide bonds. The third kappa shape index (κ3) is 2.81. The van der Waals surface area contributed by atoms with Gasteiger partial charge in [0.2, 0.25) is 11.8 Å². The molecular weight excluding hydrogens is 272 g/mol. The summed E-state index contributed by atoms with van der Waals surface area (Å²) >= 11 is 0. The van der Waals surface area contributed by atoms with Crippen LogP contribution in [0.3, 0.4) is 0 Å². The number of urea groups is 1. The molecular formula is C14H16N4O3. The number of hydrogen-bond donors (Lipinski definition) is 3. The van der Waals surface area contributed by atoms with E-state index in [9.17, 15) is 14.4 Å². The first kappa shape index (κ1) is 13.4. The molecule has 0 bridgehead atoms. The van der Waals surface area contributed by atoms with E-state index in [-0.39, 0.29) is 17.8 Å². The molecule has 7 nitrogen and oxygen atoms in total. The molecule has 0 radical (unpaired) electrons. The summed E-state index contributed by atoms with van der Waals surface area (Å²) in [4.78, 5) is 36.2. The Balaban J connectivity index is 1.63. The van der Waals surface area contributed by atoms with Gasteiger partial charge >= 0.3 is 6.03 Å². The van der Waals surface area contributed by atoms with Crippen molar-refractivity contribution in [2.45, 2.75) is 18.9 Å². The lowest BCUT2D eigenvalue weighted by atomic mass is 10.2. The second kappa shape index (κ2) is 5.43. The predicted octanol–water partition coefficient (Wildman–Crippen LogP) is 0.433. The molecule has 2 aliphatic heterocycles. The zero-order valence-electron chi connectivity index (χ0n) is 11.4. The number of carbonyl (C=O) groups excluding carboxylic acids is 3. The van der Waals surface area contributed by atoms with Gasteiger partial charge in [-0.2, -0.15) is 0 Å². The monoisotopic (exact) mass is 288 g/mol. The lowest BCUT2D eigenvalue weighted by Crippen LogP contribution is -2.37. The Labute approximate surface area is 121 Å². The van der Waals surface area contributed by atoms with Gasteiger partial charge in [0, 0.05) is 30.9 Å². The maximum absolute atomic E-state index is 12.0. The van der Waals surface area contributed by atoms with E-state index in [2.05, 4.69) is 16.0 Å². The minimum absolute atomic E-state index is 0.0921. The average molecular weight is 288 g/mol. The minimum atomic E-state index is -0.457. The smallest absolute Gasteiger partial charge is 0.321 e. The molecule has 2 aliphatic rings. The number of hydrogen-bond acceptors (Lipinski definition) is 3. The van der Waals surface area contributed by atoms with Crippen molar-refractivity contribution < 1.29 is 14.4 Å². The van der Waals surface area contributed by atoms with Crippen molar-refractivity contribution in [3.05, 3.63) is 24.3 Å². The maximum atomic E-state index is 12.0. The maximum Gasteiger partial charge on any atom is 0.321 e. The van der Waals surface area contributed by atoms with E-state index in [4.69, 9.17) is 0 Å². The van der Waals surface area contributed by atoms with Crippen LogP contribution in [0.15, 0.2) is 24.3 Å². The highest BCUT2D eigenvalue weighted by molar-refractivity contribution is 5.99. The van der Waals surface area contributed by atoms with Crippen molar-refractivity contribution in [3.8, 4) is 0 Å². The zero-order chi connectivity index (χ0) is 14.8. The SMILES string of the molecule is O=C1CCC(C(=O)Nc2ccc(N3CCNC3=O)cc2)N1. The Kier molecular flexibility index (Phi) is 3.47. The van der Waals surface area contributed by atoms with E-state index in [1.807, 2.05) is 0 Å². The third-order valence-corrected chi connectivity index (χ3v) is 3.62. The number of benzene rings is 1. The van der Waals surface area contributed by atoms with Crippen molar-refractivity contribution in [2.24, 2.45) is 0 Å². The fourth-order valence-electron chi connectivity index (χ4n) is 2.48. The molecule has 1 atom stereocenters. The first-order valence-electron chi connectivity index (χ1n) is 6.89. The van der Waals surface area contributed by atoms with Crippen molar-refractivity contribution >= 4 is 29.2 Å². The number of amides is 4. The highest BCUT2D eigenvalue weighted by atomic mass is 16.2. The molecule has 1 unspecified atom stereocenters. The topological polar surface area (TPSA) is 90.5 Å². The Morgan fingerprint density at radius 3 is 2.57 bits per heavy atom. The molecule has 0 aromatic heterocycles. The van der Waals surface area contributed by atoms with Crippen molar-refractivity contribution in [2.75, 3.05) is 23.3 Å². The molecule has 0 spiro atoms. The summed E-state index contributed by atoms with van der Waals surface area (Å²) in [6, 6.07) is 6.49. The Morgan fingerprint density at radius 2 is 2.00 bits per heavy atom. The summed E-state index contributed by atoms with van der Waals surface area (Å²) in [5.74, 6) is -0.307. The van der Waals surface area contributed by atoms with Gasteiger partial charge in [0.05, 0.1) is 0 Å². The van der Waals surface area contributed by atoms with E-state index in [1.165, 1.54) is 0 Å². The molecule has 0 saturated carbocycles. The second-order valence-electron chi connectivity index (χ2n) is 5.08. The number of anilines is 2. The molecule has 2 fully saturated rings. The van der Waals surface area contributed by atoms with Crippen LogP contribution in [0.4, 0.5) is 16.2 Å². The van der Waals surface area contributed by atoms with Crippen LogP contribution in [0.25, 0.3) is 0 Å². The van der Waals surface area contributed by atoms with Gasteiger partial charge in [-0.15, -0.1) is 0 Å². The van der Waals surface area contributed by atoms with Crippen LogP contribution in [0.5, 0.6) is 0 Å². The quantitative estimate of drug-likeness (QED) is 0.753. The second-order valence-corrected chi connectivity index (χ2v) is 5.08. The van der Waals surface area contributed by atoms with E-state index in [1.54, 1.807) is 29.2 Å². The van der Waals surface area contributed by atoms with Gasteiger partial charge in [-0.1, -0.05) is 0 Å². The Morgan fingerprint density at radius 1 is 1.24 bits per heavy atom. The van der Waals surface area contributed by atoms with E-state index in [0.717, 1.165) is 5.69 Å². The van der Waals surface area contributed by atoms with E-state index < -0.39 is 6.04 Å². The normalized spacial score (nSPS) is 21.1. The number of rotatable bonds is 3. The standard InChI is InChI=1S/C14H16N4O3/c19-12-6-5-11(17-12)13(20)16-9-1-3-10(4-2-9)18-8-7-15-14(18)21/h1-4,11H,5-8H2,(H,15,21)(H,16,20)(H,17,19). The molecule has 7 heteroatoms. The van der Waals surface area contributed by atoms with Gasteiger partial charge in [-0.25, -0.2) is 4.79 Å². The van der Waals surface area contributed by atoms with Gasteiger partial charge in [-0.3, -0.25) is 14.5 Å². The lowest BCUT2D eigenvalue weighted by molar-refractivity contribution is -0.122. The van der Waals surface area contributed by atoms with Crippen LogP contribution >= 0.6 is 0 Å². The summed E-state index contributed by atoms with van der Waals surface area (Å²) in [5, 5.41) is 8.12. The van der Waals surface area contributed by atoms with Crippen LogP contribution in [0.2, 0.25) is 0 Å². The van der Waals surface area contributed by atoms with Gasteiger partial charge < -0.3 is 16.0 Å². The fraction of sp³-hybridized carbons (Fsp3) is 0.357. The third-order valence-electron chi connectivity index (χ3n) is 3.62. The number of nitrogens with zero attached hydrogens (tertiary/aromatic N) is 1. The van der Waals surface area contributed by atoms with Gasteiger partial charge in [0.15, 0.2) is 0 Å². The fourth-order valence-corrected chi connectivity index (χ4v) is 2.48. The molecule has 1 aromatic carbocycles. The highest BCUT2D eigenvalue weighted by Crippen LogP contribution is 2.20. The molecule has 2 saturated heterocycles. The molecule has 3 N–H and O–H groups in total. The molecule has 110 valence electrons. The predicted molar refractivity (Wildman–Crippen MR) is 77.0 cm³/mol. The molecule has 21 heavy (non-hydrogen) atoms. The zero-order valence-corrected chi connectivity index (χ0v) is 11.4. The van der Waals surface area contributed by atoms with Crippen molar-refractivity contribution in [1.29, 1.82) is 0 Å². The van der Waals surface area contributed by atoms with Crippen LogP contribution in [-0.4, -0.2) is 37.0 Å². The largest absolute Gasteiger partial charge is 0.344 e. The molecule has 3 rings (SSSR count). The first-order valence-corrected chi connectivity index (χ1v) is 6.89. The first-order chi connectivity index (χ1) is 10.1. The van der Waals surface area contributed by atoms with Crippen molar-refractivity contribution in [1.82, 2.24) is 10.6 Å². The van der Waals surface area contributed by atoms with Crippen LogP contribution in [0, 0.1) is 0 Å². The highest BCUT2D eigenvalue weighted by Gasteiger charge is 2.27. The van der Waals surface area contributed by atoms with Gasteiger partial charge in [-0.05, 0) is 30.7 Å². The summed E-state index contributed by atoms with van der Waals surface area (Å²) < 4.78 is 0. The van der Waals surface area contributed by atoms with Crippen LogP contribution < -0.4 is 20.9 Å². The number of nitrogens with one attached hydrogen (secondary N) is 3. The Bertz CT molecular complexity index is 584. The van der Waals surface area contributed by atoms with Gasteiger partial charge in [0.1, 0.15) is 6.04 Å². The summed E-state index contributed by atoms with van der Waals surface area (Å²) in [5.41, 5.74) is 1.43. The summed E-state index contributed by atoms with van der Waals surface area (Å²) in [7, 11) is 0. The molecule has 2 heterocycles. The van der Waals surface area contributed by atoms with Gasteiger partial charge in [0.25, 0.3) is 0 Å². The minimum Gasteiger partial charge on any atom is -0.344 e. The summed E-state index contributed by atoms with van der Waals surface area (Å²) in [6.45, 7) is 1.28. The molecule has 0 aliphatic carbocycles. The Hall–Kier alpha value is -2.57. The summed E-state index contributed by atoms with van der Waals surface area (Å²) in [6.07, 6.45) is 0.914. The van der Waals surface area contributed by atoms with Crippen LogP contribution in [-0.2, 0) is 9.59 Å². The molecule has 1 aromatic rings. The lowest BCUT2D eigenvalue weighted by Gasteiger charge is -2.15. The average Bonchev–Trinajstić information content (AvgIpc) is 3.08.